The average molecular weight is 194 g/mol. The molecule has 2 rings (SSSR count). The zero-order valence-corrected chi connectivity index (χ0v) is 8.60. The lowest BCUT2D eigenvalue weighted by Gasteiger charge is -2.16. The third-order valence-corrected chi connectivity index (χ3v) is 2.81. The van der Waals surface area contributed by atoms with Gasteiger partial charge < -0.3 is 0 Å². The minimum absolute atomic E-state index is 0.395. The van der Waals surface area contributed by atoms with Crippen molar-refractivity contribution < 1.29 is 0 Å². The Hall–Kier alpha value is -0.820. The number of rotatable bonds is 0. The highest BCUT2D eigenvalue weighted by Crippen LogP contribution is 2.23. The highest BCUT2D eigenvalue weighted by molar-refractivity contribution is 6.31. The van der Waals surface area contributed by atoms with Crippen LogP contribution in [0.5, 0.6) is 0 Å². The van der Waals surface area contributed by atoms with Gasteiger partial charge in [0.25, 0.3) is 0 Å². The van der Waals surface area contributed by atoms with E-state index in [-0.39, 0.29) is 0 Å². The lowest BCUT2D eigenvalue weighted by molar-refractivity contribution is 0.732. The first kappa shape index (κ1) is 8.76. The standard InChI is InChI=1S/C11H12ClN/c1-7-3-10-6-13-8(2)4-9(10)5-11(7)12/h3,5-6,8H,4H2,1-2H3. The lowest BCUT2D eigenvalue weighted by atomic mass is 9.97. The van der Waals surface area contributed by atoms with Crippen molar-refractivity contribution in [2.45, 2.75) is 26.3 Å². The summed E-state index contributed by atoms with van der Waals surface area (Å²) in [6.45, 7) is 4.14. The average Bonchev–Trinajstić information content (AvgIpc) is 2.08. The van der Waals surface area contributed by atoms with Crippen molar-refractivity contribution in [2.24, 2.45) is 4.99 Å². The van der Waals surface area contributed by atoms with Crippen molar-refractivity contribution in [2.75, 3.05) is 0 Å². The molecule has 0 spiro atoms. The second-order valence-corrected chi connectivity index (χ2v) is 4.04. The zero-order chi connectivity index (χ0) is 9.42. The van der Waals surface area contributed by atoms with Gasteiger partial charge in [-0.2, -0.15) is 0 Å². The summed E-state index contributed by atoms with van der Waals surface area (Å²) in [6.07, 6.45) is 2.96. The van der Waals surface area contributed by atoms with Crippen LogP contribution in [0.25, 0.3) is 0 Å². The van der Waals surface area contributed by atoms with Crippen molar-refractivity contribution in [1.29, 1.82) is 0 Å². The summed E-state index contributed by atoms with van der Waals surface area (Å²) in [6, 6.07) is 4.56. The van der Waals surface area contributed by atoms with Gasteiger partial charge in [0, 0.05) is 11.2 Å². The smallest absolute Gasteiger partial charge is 0.0512 e. The van der Waals surface area contributed by atoms with Crippen LogP contribution in [0, 0.1) is 6.92 Å². The van der Waals surface area contributed by atoms with E-state index in [4.69, 9.17) is 11.6 Å². The molecular formula is C11H12ClN. The molecule has 0 saturated carbocycles. The van der Waals surface area contributed by atoms with Crippen LogP contribution in [0.3, 0.4) is 0 Å². The van der Waals surface area contributed by atoms with Crippen LogP contribution in [0.15, 0.2) is 17.1 Å². The first-order valence-electron chi connectivity index (χ1n) is 4.49. The molecule has 1 aromatic carbocycles. The summed E-state index contributed by atoms with van der Waals surface area (Å²) < 4.78 is 0. The number of aryl methyl sites for hydroxylation is 1. The van der Waals surface area contributed by atoms with Gasteiger partial charge in [0.05, 0.1) is 6.04 Å². The molecule has 0 fully saturated rings. The molecule has 0 amide bonds. The van der Waals surface area contributed by atoms with Gasteiger partial charge in [-0.15, -0.1) is 0 Å². The Labute approximate surface area is 83.4 Å². The van der Waals surface area contributed by atoms with Crippen LogP contribution < -0.4 is 0 Å². The van der Waals surface area contributed by atoms with Gasteiger partial charge in [-0.05, 0) is 49.1 Å². The Balaban J connectivity index is 2.52. The quantitative estimate of drug-likeness (QED) is 0.601. The van der Waals surface area contributed by atoms with Gasteiger partial charge in [0.1, 0.15) is 0 Å². The largest absolute Gasteiger partial charge is 0.289 e. The van der Waals surface area contributed by atoms with E-state index in [9.17, 15) is 0 Å². The highest BCUT2D eigenvalue weighted by Gasteiger charge is 2.12. The Bertz CT molecular complexity index is 369. The molecule has 1 heterocycles. The van der Waals surface area contributed by atoms with Crippen molar-refractivity contribution in [3.8, 4) is 0 Å². The minimum Gasteiger partial charge on any atom is -0.289 e. The third kappa shape index (κ3) is 1.61. The molecule has 0 aliphatic carbocycles. The SMILES string of the molecule is Cc1cc2c(cc1Cl)CC(C)N=C2. The predicted octanol–water partition coefficient (Wildman–Crippen LogP) is 3.01. The second kappa shape index (κ2) is 3.15. The molecule has 1 aliphatic heterocycles. The van der Waals surface area contributed by atoms with E-state index < -0.39 is 0 Å². The number of fused-ring (bicyclic) bond motifs is 1. The maximum Gasteiger partial charge on any atom is 0.0512 e. The summed E-state index contributed by atoms with van der Waals surface area (Å²) in [5.41, 5.74) is 3.67. The van der Waals surface area contributed by atoms with Crippen LogP contribution in [0.1, 0.15) is 23.6 Å². The predicted molar refractivity (Wildman–Crippen MR) is 56.9 cm³/mol. The molecule has 1 nitrogen and oxygen atoms in total. The molecule has 0 aromatic heterocycles. The van der Waals surface area contributed by atoms with Crippen LogP contribution in [-0.4, -0.2) is 12.3 Å². The van der Waals surface area contributed by atoms with Crippen LogP contribution in [0.2, 0.25) is 5.02 Å². The molecule has 0 bridgehead atoms. The van der Waals surface area contributed by atoms with Gasteiger partial charge in [0.15, 0.2) is 0 Å². The van der Waals surface area contributed by atoms with Gasteiger partial charge in [-0.1, -0.05) is 11.6 Å². The zero-order valence-electron chi connectivity index (χ0n) is 7.84. The number of aliphatic imine (C=N–C) groups is 1. The molecule has 0 saturated heterocycles. The molecule has 1 unspecified atom stereocenters. The molecule has 68 valence electrons. The number of benzene rings is 1. The first-order valence-corrected chi connectivity index (χ1v) is 4.87. The summed E-state index contributed by atoms with van der Waals surface area (Å²) >= 11 is 6.05. The fraction of sp³-hybridized carbons (Fsp3) is 0.364. The maximum absolute atomic E-state index is 6.05. The van der Waals surface area contributed by atoms with E-state index in [0.717, 1.165) is 17.0 Å². The van der Waals surface area contributed by atoms with Crippen LogP contribution in [-0.2, 0) is 6.42 Å². The normalized spacial score (nSPS) is 20.1. The van der Waals surface area contributed by atoms with E-state index in [2.05, 4.69) is 24.0 Å². The van der Waals surface area contributed by atoms with Crippen LogP contribution >= 0.6 is 11.6 Å². The Morgan fingerprint density at radius 2 is 2.23 bits per heavy atom. The van der Waals surface area contributed by atoms with E-state index in [1.807, 2.05) is 13.1 Å². The summed E-state index contributed by atoms with van der Waals surface area (Å²) in [4.78, 5) is 4.37. The summed E-state index contributed by atoms with van der Waals surface area (Å²) in [5.74, 6) is 0. The number of nitrogens with zero attached hydrogens (tertiary/aromatic N) is 1. The van der Waals surface area contributed by atoms with Gasteiger partial charge >= 0.3 is 0 Å². The molecule has 1 aromatic rings. The minimum atomic E-state index is 0.395. The highest BCUT2D eigenvalue weighted by atomic mass is 35.5. The fourth-order valence-electron chi connectivity index (χ4n) is 1.62. The molecule has 13 heavy (non-hydrogen) atoms. The molecule has 0 radical (unpaired) electrons. The Morgan fingerprint density at radius 3 is 3.00 bits per heavy atom. The van der Waals surface area contributed by atoms with Gasteiger partial charge in [-0.25, -0.2) is 0 Å². The molecule has 2 heteroatoms. The Morgan fingerprint density at radius 1 is 1.46 bits per heavy atom. The maximum atomic E-state index is 6.05. The van der Waals surface area contributed by atoms with E-state index in [0.29, 0.717) is 6.04 Å². The summed E-state index contributed by atoms with van der Waals surface area (Å²) in [5, 5.41) is 0.862. The van der Waals surface area contributed by atoms with Gasteiger partial charge in [-0.3, -0.25) is 4.99 Å². The van der Waals surface area contributed by atoms with E-state index in [1.54, 1.807) is 0 Å². The van der Waals surface area contributed by atoms with Crippen molar-refractivity contribution in [3.63, 3.8) is 0 Å². The van der Waals surface area contributed by atoms with Crippen molar-refractivity contribution >= 4 is 17.8 Å². The second-order valence-electron chi connectivity index (χ2n) is 3.63. The third-order valence-electron chi connectivity index (χ3n) is 2.40. The fourth-order valence-corrected chi connectivity index (χ4v) is 1.81. The molecular weight excluding hydrogens is 182 g/mol. The Kier molecular flexibility index (Phi) is 2.12. The summed E-state index contributed by atoms with van der Waals surface area (Å²) in [7, 11) is 0. The molecule has 0 N–H and O–H groups in total. The molecule has 1 aliphatic rings. The lowest BCUT2D eigenvalue weighted by Crippen LogP contribution is -2.11. The van der Waals surface area contributed by atoms with Crippen molar-refractivity contribution in [1.82, 2.24) is 0 Å². The van der Waals surface area contributed by atoms with Crippen molar-refractivity contribution in [3.05, 3.63) is 33.8 Å². The number of hydrogen-bond donors (Lipinski definition) is 0. The van der Waals surface area contributed by atoms with E-state index >= 15 is 0 Å². The number of halogens is 1. The monoisotopic (exact) mass is 193 g/mol. The number of hydrogen-bond acceptors (Lipinski definition) is 1. The topological polar surface area (TPSA) is 12.4 Å². The molecule has 1 atom stereocenters. The first-order chi connectivity index (χ1) is 6.16. The van der Waals surface area contributed by atoms with Crippen LogP contribution in [0.4, 0.5) is 0 Å². The van der Waals surface area contributed by atoms with Gasteiger partial charge in [0.2, 0.25) is 0 Å². The van der Waals surface area contributed by atoms with E-state index in [1.165, 1.54) is 11.1 Å².